The Morgan fingerprint density at radius 3 is 2.00 bits per heavy atom. The molecule has 3 aromatic carbocycles. The van der Waals surface area contributed by atoms with E-state index in [0.717, 1.165) is 25.9 Å². The van der Waals surface area contributed by atoms with Crippen molar-refractivity contribution >= 4 is 17.7 Å². The van der Waals surface area contributed by atoms with Crippen LogP contribution in [0.5, 0.6) is 0 Å². The van der Waals surface area contributed by atoms with Gasteiger partial charge in [0, 0.05) is 24.3 Å². The van der Waals surface area contributed by atoms with Crippen LogP contribution in [-0.4, -0.2) is 54.4 Å². The summed E-state index contributed by atoms with van der Waals surface area (Å²) >= 11 is 0. The molecule has 7 heteroatoms. The van der Waals surface area contributed by atoms with Gasteiger partial charge < -0.3 is 20.3 Å². The lowest BCUT2D eigenvalue weighted by atomic mass is 9.82. The van der Waals surface area contributed by atoms with Crippen LogP contribution in [0.1, 0.15) is 46.4 Å². The van der Waals surface area contributed by atoms with E-state index >= 15 is 0 Å². The smallest absolute Gasteiger partial charge is 0.333 e. The second-order valence-electron chi connectivity index (χ2n) is 10.5. The molecule has 3 aromatic rings. The Hall–Kier alpha value is -3.81. The van der Waals surface area contributed by atoms with E-state index in [4.69, 9.17) is 10.5 Å². The number of nitrogens with zero attached hydrogens (tertiary/aromatic N) is 1. The first-order valence-corrected chi connectivity index (χ1v) is 13.2. The standard InChI is InChI=1S/C31H33N3O4/c32-28(24-12-6-2-7-13-24)30(36)33-29(25-14-8-3-9-15-25)31(37)38-27-21-34(18-16-23(27)17-19-34)20-26(35)22-10-4-1-5-11-22/h1-15,23,27-29H,16-21,32H2/p+1. The van der Waals surface area contributed by atoms with Crippen LogP contribution in [0, 0.1) is 5.92 Å². The van der Waals surface area contributed by atoms with Crippen molar-refractivity contribution in [1.29, 1.82) is 0 Å². The lowest BCUT2D eigenvalue weighted by molar-refractivity contribution is -0.938. The molecule has 3 fully saturated rings. The van der Waals surface area contributed by atoms with Crippen LogP contribution >= 0.6 is 0 Å². The topological polar surface area (TPSA) is 98.5 Å². The van der Waals surface area contributed by atoms with Crippen LogP contribution < -0.4 is 11.1 Å². The Bertz CT molecular complexity index is 1260. The molecule has 3 aliphatic heterocycles. The Kier molecular flexibility index (Phi) is 7.67. The van der Waals surface area contributed by atoms with Crippen molar-refractivity contribution in [2.24, 2.45) is 11.7 Å². The van der Waals surface area contributed by atoms with Crippen LogP contribution in [0.25, 0.3) is 0 Å². The Balaban J connectivity index is 1.30. The third kappa shape index (κ3) is 5.69. The number of nitrogens with one attached hydrogen (secondary N) is 1. The molecule has 38 heavy (non-hydrogen) atoms. The summed E-state index contributed by atoms with van der Waals surface area (Å²) in [5, 5.41) is 2.83. The van der Waals surface area contributed by atoms with Gasteiger partial charge in [-0.05, 0) is 11.1 Å². The van der Waals surface area contributed by atoms with E-state index in [0.29, 0.717) is 34.3 Å². The summed E-state index contributed by atoms with van der Waals surface area (Å²) < 4.78 is 6.75. The highest BCUT2D eigenvalue weighted by molar-refractivity contribution is 5.97. The van der Waals surface area contributed by atoms with Gasteiger partial charge in [0.1, 0.15) is 19.1 Å². The summed E-state index contributed by atoms with van der Waals surface area (Å²) in [6.45, 7) is 2.81. The molecular formula is C31H34N3O4+. The molecule has 2 bridgehead atoms. The molecule has 3 unspecified atom stereocenters. The van der Waals surface area contributed by atoms with Gasteiger partial charge in [0.25, 0.3) is 0 Å². The number of rotatable bonds is 9. The molecule has 3 saturated heterocycles. The first-order chi connectivity index (χ1) is 18.4. The largest absolute Gasteiger partial charge is 0.454 e. The number of piperidine rings is 3. The van der Waals surface area contributed by atoms with Crippen molar-refractivity contribution in [3.05, 3.63) is 108 Å². The molecule has 3 heterocycles. The highest BCUT2D eigenvalue weighted by atomic mass is 16.5. The number of amides is 1. The molecule has 3 aliphatic rings. The van der Waals surface area contributed by atoms with Gasteiger partial charge in [0.2, 0.25) is 11.7 Å². The van der Waals surface area contributed by atoms with Crippen molar-refractivity contribution in [2.75, 3.05) is 26.2 Å². The molecule has 3 atom stereocenters. The van der Waals surface area contributed by atoms with E-state index in [-0.39, 0.29) is 17.8 Å². The van der Waals surface area contributed by atoms with Gasteiger partial charge in [0.05, 0.1) is 13.1 Å². The van der Waals surface area contributed by atoms with Gasteiger partial charge in [-0.2, -0.15) is 0 Å². The van der Waals surface area contributed by atoms with E-state index in [1.807, 2.05) is 66.7 Å². The molecule has 1 amide bonds. The normalized spacial score (nSPS) is 23.7. The molecule has 0 radical (unpaired) electrons. The van der Waals surface area contributed by atoms with E-state index in [2.05, 4.69) is 5.32 Å². The van der Waals surface area contributed by atoms with E-state index in [1.54, 1.807) is 24.3 Å². The minimum atomic E-state index is -0.978. The number of hydrogen-bond acceptors (Lipinski definition) is 5. The molecule has 0 saturated carbocycles. The summed E-state index contributed by atoms with van der Waals surface area (Å²) in [7, 11) is 0. The van der Waals surface area contributed by atoms with Crippen LogP contribution in [0.3, 0.4) is 0 Å². The molecule has 0 spiro atoms. The number of esters is 1. The first-order valence-electron chi connectivity index (χ1n) is 13.2. The van der Waals surface area contributed by atoms with Gasteiger partial charge in [0.15, 0.2) is 12.1 Å². The predicted octanol–water partition coefficient (Wildman–Crippen LogP) is 3.58. The fraction of sp³-hybridized carbons (Fsp3) is 0.323. The van der Waals surface area contributed by atoms with Crippen molar-refractivity contribution in [3.8, 4) is 0 Å². The summed E-state index contributed by atoms with van der Waals surface area (Å²) in [5.41, 5.74) is 8.22. The number of hydrogen-bond donors (Lipinski definition) is 2. The summed E-state index contributed by atoms with van der Waals surface area (Å²) in [5.74, 6) is -0.589. The highest BCUT2D eigenvalue weighted by Gasteiger charge is 2.49. The molecule has 6 rings (SSSR count). The number of ketones is 1. The van der Waals surface area contributed by atoms with Gasteiger partial charge in [-0.25, -0.2) is 4.79 Å². The van der Waals surface area contributed by atoms with Crippen molar-refractivity contribution in [2.45, 2.75) is 31.0 Å². The van der Waals surface area contributed by atoms with Crippen molar-refractivity contribution in [1.82, 2.24) is 5.32 Å². The summed E-state index contributed by atoms with van der Waals surface area (Å²) in [6, 6.07) is 25.6. The summed E-state index contributed by atoms with van der Waals surface area (Å²) in [4.78, 5) is 39.7. The van der Waals surface area contributed by atoms with Gasteiger partial charge >= 0.3 is 5.97 Å². The third-order valence-electron chi connectivity index (χ3n) is 7.98. The monoisotopic (exact) mass is 512 g/mol. The lowest BCUT2D eigenvalue weighted by Gasteiger charge is -2.51. The number of carbonyl (C=O) groups excluding carboxylic acids is 3. The van der Waals surface area contributed by atoms with Crippen LogP contribution in [-0.2, 0) is 14.3 Å². The zero-order valence-corrected chi connectivity index (χ0v) is 21.4. The van der Waals surface area contributed by atoms with Gasteiger partial charge in [-0.15, -0.1) is 0 Å². The quantitative estimate of drug-likeness (QED) is 0.259. The van der Waals surface area contributed by atoms with E-state index in [1.165, 1.54) is 0 Å². The average molecular weight is 513 g/mol. The maximum atomic E-state index is 13.6. The SMILES string of the molecule is NC(C(=O)NC(C(=O)OC1C[N+]2(CC(=O)c3ccccc3)CCC1CC2)c1ccccc1)c1ccccc1. The fourth-order valence-corrected chi connectivity index (χ4v) is 5.78. The summed E-state index contributed by atoms with van der Waals surface area (Å²) in [6.07, 6.45) is 1.50. The Morgan fingerprint density at radius 1 is 0.842 bits per heavy atom. The van der Waals surface area contributed by atoms with E-state index in [9.17, 15) is 14.4 Å². The van der Waals surface area contributed by atoms with Crippen molar-refractivity contribution in [3.63, 3.8) is 0 Å². The van der Waals surface area contributed by atoms with Gasteiger partial charge in [-0.3, -0.25) is 9.59 Å². The second-order valence-corrected chi connectivity index (χ2v) is 10.5. The molecule has 196 valence electrons. The highest BCUT2D eigenvalue weighted by Crippen LogP contribution is 2.36. The van der Waals surface area contributed by atoms with Crippen LogP contribution in [0.4, 0.5) is 0 Å². The lowest BCUT2D eigenvalue weighted by Crippen LogP contribution is -2.66. The molecule has 0 aromatic heterocycles. The van der Waals surface area contributed by atoms with Crippen LogP contribution in [0.2, 0.25) is 0 Å². The Labute approximate surface area is 223 Å². The number of fused-ring (bicyclic) bond motifs is 3. The number of ether oxygens (including phenoxy) is 1. The average Bonchev–Trinajstić information content (AvgIpc) is 2.97. The maximum absolute atomic E-state index is 13.6. The number of Topliss-reactive ketones (excluding diaryl/α,β-unsaturated/α-hetero) is 1. The minimum absolute atomic E-state index is 0.111. The molecular weight excluding hydrogens is 478 g/mol. The molecule has 0 aliphatic carbocycles. The second kappa shape index (κ2) is 11.3. The molecule has 7 nitrogen and oxygen atoms in total. The zero-order chi connectivity index (χ0) is 26.5. The number of nitrogens with two attached hydrogens (primary N) is 1. The minimum Gasteiger partial charge on any atom is -0.454 e. The maximum Gasteiger partial charge on any atom is 0.333 e. The van der Waals surface area contributed by atoms with Gasteiger partial charge in [-0.1, -0.05) is 91.0 Å². The fourth-order valence-electron chi connectivity index (χ4n) is 5.78. The first kappa shape index (κ1) is 25.8. The van der Waals surface area contributed by atoms with Crippen molar-refractivity contribution < 1.29 is 23.6 Å². The van der Waals surface area contributed by atoms with Crippen LogP contribution in [0.15, 0.2) is 91.0 Å². The number of quaternary nitrogens is 1. The molecule has 3 N–H and O–H groups in total. The predicted molar refractivity (Wildman–Crippen MR) is 144 cm³/mol. The Morgan fingerprint density at radius 2 is 1.39 bits per heavy atom. The van der Waals surface area contributed by atoms with E-state index < -0.39 is 24.0 Å². The zero-order valence-electron chi connectivity index (χ0n) is 21.4. The third-order valence-corrected chi connectivity index (χ3v) is 7.98. The number of carbonyl (C=O) groups is 3. The number of benzene rings is 3.